The molecule has 0 aromatic heterocycles. The zero-order valence-corrected chi connectivity index (χ0v) is 17.9. The molecule has 2 amide bonds. The second kappa shape index (κ2) is 10.0. The van der Waals surface area contributed by atoms with Crippen molar-refractivity contribution < 1.29 is 9.59 Å². The third kappa shape index (κ3) is 5.48. The largest absolute Gasteiger partial charge is 0.328 e. The fraction of sp³-hybridized carbons (Fsp3) is 0.667. The molecule has 3 fully saturated rings. The van der Waals surface area contributed by atoms with Crippen LogP contribution in [0.25, 0.3) is 0 Å². The van der Waals surface area contributed by atoms with E-state index in [1.54, 1.807) is 0 Å². The van der Waals surface area contributed by atoms with Gasteiger partial charge in [-0.1, -0.05) is 24.3 Å². The molecule has 1 unspecified atom stereocenters. The van der Waals surface area contributed by atoms with Crippen molar-refractivity contribution in [1.82, 2.24) is 15.5 Å². The van der Waals surface area contributed by atoms with Gasteiger partial charge in [0.15, 0.2) is 0 Å². The van der Waals surface area contributed by atoms with Gasteiger partial charge in [-0.2, -0.15) is 0 Å². The zero-order chi connectivity index (χ0) is 20.9. The summed E-state index contributed by atoms with van der Waals surface area (Å²) in [5.41, 5.74) is 8.29. The Morgan fingerprint density at radius 2 is 1.67 bits per heavy atom. The lowest BCUT2D eigenvalue weighted by molar-refractivity contribution is -0.134. The fourth-order valence-electron chi connectivity index (χ4n) is 5.29. The fourth-order valence-corrected chi connectivity index (χ4v) is 5.29. The summed E-state index contributed by atoms with van der Waals surface area (Å²) in [6.45, 7) is 4.38. The topological polar surface area (TPSA) is 87.5 Å². The van der Waals surface area contributed by atoms with Gasteiger partial charge in [-0.25, -0.2) is 0 Å². The number of carbonyl (C=O) groups excluding carboxylic acids is 2. The van der Waals surface area contributed by atoms with Crippen molar-refractivity contribution in [2.45, 2.75) is 75.9 Å². The molecule has 1 aliphatic carbocycles. The van der Waals surface area contributed by atoms with Crippen molar-refractivity contribution in [3.05, 3.63) is 35.4 Å². The third-order valence-corrected chi connectivity index (χ3v) is 7.29. The van der Waals surface area contributed by atoms with Gasteiger partial charge in [0.05, 0.1) is 5.92 Å². The van der Waals surface area contributed by atoms with Gasteiger partial charge >= 0.3 is 0 Å². The number of amides is 2. The molecule has 0 spiro atoms. The molecule has 0 radical (unpaired) electrons. The summed E-state index contributed by atoms with van der Waals surface area (Å²) < 4.78 is 0. The van der Waals surface area contributed by atoms with Crippen LogP contribution in [0.5, 0.6) is 0 Å². The van der Waals surface area contributed by atoms with Crippen LogP contribution in [-0.4, -0.2) is 48.4 Å². The standard InChI is InChI=1S/C24H36N4O2/c25-20-5-7-21(8-6-20)28-13-11-18(12-14-28)16-26-15-17-1-3-19(4-2-17)22-9-10-23(29)27-24(22)30/h1-4,18,20-22,26H,5-16,25H2,(H,27,29,30). The number of hydrogen-bond donors (Lipinski definition) is 3. The average molecular weight is 413 g/mol. The van der Waals surface area contributed by atoms with Crippen LogP contribution in [-0.2, 0) is 16.1 Å². The lowest BCUT2D eigenvalue weighted by Crippen LogP contribution is -2.45. The van der Waals surface area contributed by atoms with Gasteiger partial charge in [0.1, 0.15) is 0 Å². The molecule has 30 heavy (non-hydrogen) atoms. The Morgan fingerprint density at radius 3 is 2.33 bits per heavy atom. The Balaban J connectivity index is 1.16. The van der Waals surface area contributed by atoms with Crippen LogP contribution in [0.3, 0.4) is 0 Å². The normalized spacial score (nSPS) is 29.0. The molecular formula is C24H36N4O2. The lowest BCUT2D eigenvalue weighted by Gasteiger charge is -2.40. The summed E-state index contributed by atoms with van der Waals surface area (Å²) in [6.07, 6.45) is 8.52. The maximum atomic E-state index is 12.0. The summed E-state index contributed by atoms with van der Waals surface area (Å²) in [5, 5.41) is 6.07. The van der Waals surface area contributed by atoms with Crippen LogP contribution in [0.2, 0.25) is 0 Å². The predicted octanol–water partition coefficient (Wildman–Crippen LogP) is 2.28. The highest BCUT2D eigenvalue weighted by molar-refractivity contribution is 6.00. The molecule has 2 saturated heterocycles. The minimum Gasteiger partial charge on any atom is -0.328 e. The first-order chi connectivity index (χ1) is 14.6. The maximum absolute atomic E-state index is 12.0. The first kappa shape index (κ1) is 21.5. The van der Waals surface area contributed by atoms with Gasteiger partial charge < -0.3 is 16.0 Å². The number of nitrogens with zero attached hydrogens (tertiary/aromatic N) is 1. The van der Waals surface area contributed by atoms with Crippen LogP contribution in [0, 0.1) is 5.92 Å². The molecule has 0 bridgehead atoms. The van der Waals surface area contributed by atoms with Gasteiger partial charge in [0.2, 0.25) is 11.8 Å². The number of piperidine rings is 2. The molecule has 6 heteroatoms. The molecule has 2 aliphatic heterocycles. The molecule has 4 N–H and O–H groups in total. The monoisotopic (exact) mass is 412 g/mol. The molecule has 1 aromatic carbocycles. The molecular weight excluding hydrogens is 376 g/mol. The first-order valence-electron chi connectivity index (χ1n) is 11.7. The number of benzene rings is 1. The van der Waals surface area contributed by atoms with Crippen molar-refractivity contribution in [3.8, 4) is 0 Å². The van der Waals surface area contributed by atoms with Gasteiger partial charge in [-0.05, 0) is 81.6 Å². The summed E-state index contributed by atoms with van der Waals surface area (Å²) in [4.78, 5) is 26.0. The number of nitrogens with two attached hydrogens (primary N) is 1. The highest BCUT2D eigenvalue weighted by atomic mass is 16.2. The first-order valence-corrected chi connectivity index (χ1v) is 11.7. The smallest absolute Gasteiger partial charge is 0.234 e. The summed E-state index contributed by atoms with van der Waals surface area (Å²) in [5.74, 6) is 0.232. The van der Waals surface area contributed by atoms with Crippen LogP contribution < -0.4 is 16.4 Å². The second-order valence-electron chi connectivity index (χ2n) is 9.42. The highest BCUT2D eigenvalue weighted by Crippen LogP contribution is 2.27. The van der Waals surface area contributed by atoms with E-state index in [1.165, 1.54) is 57.2 Å². The Bertz CT molecular complexity index is 719. The Hall–Kier alpha value is -1.76. The highest BCUT2D eigenvalue weighted by Gasteiger charge is 2.29. The van der Waals surface area contributed by atoms with Gasteiger partial charge in [-0.15, -0.1) is 0 Å². The molecule has 1 atom stereocenters. The van der Waals surface area contributed by atoms with Crippen molar-refractivity contribution in [2.75, 3.05) is 19.6 Å². The van der Waals surface area contributed by atoms with Crippen LogP contribution in [0.15, 0.2) is 24.3 Å². The SMILES string of the molecule is NC1CCC(N2CCC(CNCc3ccc(C4CCC(=O)NC4=O)cc3)CC2)CC1. The van der Waals surface area contributed by atoms with Crippen molar-refractivity contribution in [1.29, 1.82) is 0 Å². The molecule has 4 rings (SSSR count). The van der Waals surface area contributed by atoms with Gasteiger partial charge in [0.25, 0.3) is 0 Å². The van der Waals surface area contributed by atoms with E-state index in [1.807, 2.05) is 12.1 Å². The summed E-state index contributed by atoms with van der Waals surface area (Å²) in [6, 6.07) is 9.46. The van der Waals surface area contributed by atoms with Crippen LogP contribution in [0.1, 0.15) is 68.4 Å². The number of imide groups is 1. The molecule has 1 saturated carbocycles. The third-order valence-electron chi connectivity index (χ3n) is 7.29. The summed E-state index contributed by atoms with van der Waals surface area (Å²) in [7, 11) is 0. The van der Waals surface area contributed by atoms with Crippen molar-refractivity contribution in [3.63, 3.8) is 0 Å². The second-order valence-corrected chi connectivity index (χ2v) is 9.42. The van der Waals surface area contributed by atoms with Crippen molar-refractivity contribution >= 4 is 11.8 Å². The number of carbonyl (C=O) groups is 2. The molecule has 1 aromatic rings. The average Bonchev–Trinajstić information content (AvgIpc) is 2.76. The van der Waals surface area contributed by atoms with E-state index in [9.17, 15) is 9.59 Å². The van der Waals surface area contributed by atoms with E-state index in [0.717, 1.165) is 30.6 Å². The van der Waals surface area contributed by atoms with E-state index in [4.69, 9.17) is 5.73 Å². The summed E-state index contributed by atoms with van der Waals surface area (Å²) >= 11 is 0. The van der Waals surface area contributed by atoms with Gasteiger partial charge in [-0.3, -0.25) is 14.9 Å². The molecule has 2 heterocycles. The van der Waals surface area contributed by atoms with Crippen molar-refractivity contribution in [2.24, 2.45) is 11.7 Å². The zero-order valence-electron chi connectivity index (χ0n) is 17.9. The number of rotatable bonds is 6. The van der Waals surface area contributed by atoms with Gasteiger partial charge in [0, 0.05) is 25.0 Å². The molecule has 164 valence electrons. The Morgan fingerprint density at radius 1 is 0.967 bits per heavy atom. The van der Waals surface area contributed by atoms with Crippen LogP contribution in [0.4, 0.5) is 0 Å². The molecule has 3 aliphatic rings. The Kier molecular flexibility index (Phi) is 7.18. The minimum absolute atomic E-state index is 0.161. The Labute approximate surface area is 180 Å². The number of hydrogen-bond acceptors (Lipinski definition) is 5. The van der Waals surface area contributed by atoms with E-state index >= 15 is 0 Å². The number of likely N-dealkylation sites (tertiary alicyclic amines) is 1. The van der Waals surface area contributed by atoms with Crippen LogP contribution >= 0.6 is 0 Å². The van der Waals surface area contributed by atoms with E-state index in [-0.39, 0.29) is 17.7 Å². The van der Waals surface area contributed by atoms with E-state index < -0.39 is 0 Å². The van der Waals surface area contributed by atoms with E-state index in [2.05, 4.69) is 27.7 Å². The minimum atomic E-state index is -0.199. The quantitative estimate of drug-likeness (QED) is 0.624. The lowest BCUT2D eigenvalue weighted by atomic mass is 9.88. The maximum Gasteiger partial charge on any atom is 0.234 e. The number of nitrogens with one attached hydrogen (secondary N) is 2. The van der Waals surface area contributed by atoms with E-state index in [0.29, 0.717) is 18.9 Å². The predicted molar refractivity (Wildman–Crippen MR) is 118 cm³/mol. The molecule has 6 nitrogen and oxygen atoms in total.